The van der Waals surface area contributed by atoms with Gasteiger partial charge in [0.2, 0.25) is 0 Å². The molecule has 0 saturated carbocycles. The predicted molar refractivity (Wildman–Crippen MR) is 84.4 cm³/mol. The fraction of sp³-hybridized carbons (Fsp3) is 0.500. The number of amides is 1. The standard InChI is InChI=1S/C16H20BrNO3/c1-15(2,3)21-14(20)18-9-16(4,10-18)13(19)11-6-5-7-12(17)8-11/h5-8H,9-10H2,1-4H3. The Hall–Kier alpha value is -1.36. The number of carbonyl (C=O) groups excluding carboxylic acids is 2. The number of ketones is 1. The Balaban J connectivity index is 2.01. The van der Waals surface area contributed by atoms with E-state index in [0.717, 1.165) is 4.47 Å². The summed E-state index contributed by atoms with van der Waals surface area (Å²) in [6.07, 6.45) is -0.359. The molecule has 21 heavy (non-hydrogen) atoms. The third kappa shape index (κ3) is 3.64. The van der Waals surface area contributed by atoms with Crippen molar-refractivity contribution in [1.29, 1.82) is 0 Å². The van der Waals surface area contributed by atoms with Crippen LogP contribution in [0, 0.1) is 5.41 Å². The molecule has 1 aromatic rings. The lowest BCUT2D eigenvalue weighted by Gasteiger charge is -2.46. The van der Waals surface area contributed by atoms with Crippen LogP contribution in [0.5, 0.6) is 0 Å². The molecule has 1 saturated heterocycles. The molecule has 0 atom stereocenters. The number of halogens is 1. The van der Waals surface area contributed by atoms with Crippen molar-refractivity contribution >= 4 is 27.8 Å². The lowest BCUT2D eigenvalue weighted by atomic mass is 9.76. The quantitative estimate of drug-likeness (QED) is 0.757. The summed E-state index contributed by atoms with van der Waals surface area (Å²) in [6, 6.07) is 7.33. The number of nitrogens with zero attached hydrogens (tertiary/aromatic N) is 1. The summed E-state index contributed by atoms with van der Waals surface area (Å²) in [6.45, 7) is 8.17. The monoisotopic (exact) mass is 353 g/mol. The molecule has 2 rings (SSSR count). The first-order valence-electron chi connectivity index (χ1n) is 6.89. The summed E-state index contributed by atoms with van der Waals surface area (Å²) in [4.78, 5) is 26.1. The van der Waals surface area contributed by atoms with Crippen molar-refractivity contribution in [3.8, 4) is 0 Å². The van der Waals surface area contributed by atoms with E-state index in [-0.39, 0.29) is 11.9 Å². The van der Waals surface area contributed by atoms with Crippen molar-refractivity contribution in [2.45, 2.75) is 33.3 Å². The first kappa shape index (κ1) is 16.0. The highest BCUT2D eigenvalue weighted by Gasteiger charge is 2.48. The number of hydrogen-bond acceptors (Lipinski definition) is 3. The molecule has 5 heteroatoms. The maximum atomic E-state index is 12.6. The number of likely N-dealkylation sites (tertiary alicyclic amines) is 1. The van der Waals surface area contributed by atoms with Gasteiger partial charge in [0, 0.05) is 23.1 Å². The third-order valence-electron chi connectivity index (χ3n) is 3.37. The normalized spacial score (nSPS) is 17.1. The fourth-order valence-corrected chi connectivity index (χ4v) is 2.77. The molecule has 1 aromatic carbocycles. The molecular formula is C16H20BrNO3. The number of benzene rings is 1. The second-order valence-electron chi connectivity index (χ2n) is 6.74. The highest BCUT2D eigenvalue weighted by molar-refractivity contribution is 9.10. The Morgan fingerprint density at radius 1 is 1.29 bits per heavy atom. The molecule has 1 heterocycles. The molecule has 0 radical (unpaired) electrons. The van der Waals surface area contributed by atoms with E-state index in [9.17, 15) is 9.59 Å². The highest BCUT2D eigenvalue weighted by Crippen LogP contribution is 2.35. The maximum Gasteiger partial charge on any atom is 0.410 e. The van der Waals surface area contributed by atoms with Crippen molar-refractivity contribution in [3.05, 3.63) is 34.3 Å². The van der Waals surface area contributed by atoms with Crippen molar-refractivity contribution in [2.75, 3.05) is 13.1 Å². The molecule has 1 amide bonds. The molecule has 0 unspecified atom stereocenters. The maximum absolute atomic E-state index is 12.6. The molecule has 0 bridgehead atoms. The second-order valence-corrected chi connectivity index (χ2v) is 7.65. The van der Waals surface area contributed by atoms with E-state index >= 15 is 0 Å². The predicted octanol–water partition coefficient (Wildman–Crippen LogP) is 3.89. The van der Waals surface area contributed by atoms with Crippen LogP contribution in [0.25, 0.3) is 0 Å². The number of ether oxygens (including phenoxy) is 1. The molecule has 0 N–H and O–H groups in total. The Morgan fingerprint density at radius 2 is 1.90 bits per heavy atom. The first-order chi connectivity index (χ1) is 9.61. The van der Waals surface area contributed by atoms with Crippen LogP contribution in [-0.4, -0.2) is 35.5 Å². The van der Waals surface area contributed by atoms with E-state index < -0.39 is 11.0 Å². The number of carbonyl (C=O) groups is 2. The lowest BCUT2D eigenvalue weighted by Crippen LogP contribution is -2.61. The van der Waals surface area contributed by atoms with Crippen LogP contribution < -0.4 is 0 Å². The zero-order valence-corrected chi connectivity index (χ0v) is 14.4. The molecule has 114 valence electrons. The van der Waals surface area contributed by atoms with Crippen LogP contribution in [0.15, 0.2) is 28.7 Å². The van der Waals surface area contributed by atoms with Gasteiger partial charge in [-0.25, -0.2) is 4.79 Å². The number of Topliss-reactive ketones (excluding diaryl/α,β-unsaturated/α-hetero) is 1. The zero-order valence-electron chi connectivity index (χ0n) is 12.8. The van der Waals surface area contributed by atoms with E-state index in [2.05, 4.69) is 15.9 Å². The smallest absolute Gasteiger partial charge is 0.410 e. The van der Waals surface area contributed by atoms with Crippen molar-refractivity contribution in [1.82, 2.24) is 4.90 Å². The van der Waals surface area contributed by atoms with Crippen LogP contribution in [0.2, 0.25) is 0 Å². The summed E-state index contributed by atoms with van der Waals surface area (Å²) in [5, 5.41) is 0. The summed E-state index contributed by atoms with van der Waals surface area (Å²) in [5.41, 5.74) is -0.384. The van der Waals surface area contributed by atoms with Crippen molar-refractivity contribution in [3.63, 3.8) is 0 Å². The summed E-state index contributed by atoms with van der Waals surface area (Å²) < 4.78 is 6.18. The third-order valence-corrected chi connectivity index (χ3v) is 3.86. The molecule has 1 aliphatic heterocycles. The largest absolute Gasteiger partial charge is 0.444 e. The highest BCUT2D eigenvalue weighted by atomic mass is 79.9. The molecule has 0 aromatic heterocycles. The van der Waals surface area contributed by atoms with Crippen molar-refractivity contribution in [2.24, 2.45) is 5.41 Å². The van der Waals surface area contributed by atoms with Gasteiger partial charge in [0.15, 0.2) is 5.78 Å². The fourth-order valence-electron chi connectivity index (χ4n) is 2.37. The molecule has 0 spiro atoms. The topological polar surface area (TPSA) is 46.6 Å². The van der Waals surface area contributed by atoms with E-state index in [0.29, 0.717) is 18.7 Å². The molecule has 1 aliphatic rings. The van der Waals surface area contributed by atoms with Gasteiger partial charge in [0.25, 0.3) is 0 Å². The average molecular weight is 354 g/mol. The van der Waals surface area contributed by atoms with Gasteiger partial charge in [-0.1, -0.05) is 28.1 Å². The molecule has 0 aliphatic carbocycles. The van der Waals surface area contributed by atoms with E-state index in [1.54, 1.807) is 11.0 Å². The first-order valence-corrected chi connectivity index (χ1v) is 7.68. The minimum absolute atomic E-state index is 0.0589. The summed E-state index contributed by atoms with van der Waals surface area (Å²) in [7, 11) is 0. The zero-order chi connectivity index (χ0) is 15.8. The van der Waals surface area contributed by atoms with Gasteiger partial charge in [0.1, 0.15) is 5.60 Å². The molecular weight excluding hydrogens is 334 g/mol. The van der Waals surface area contributed by atoms with Crippen LogP contribution in [-0.2, 0) is 4.74 Å². The van der Waals surface area contributed by atoms with E-state index in [1.165, 1.54) is 0 Å². The Labute approximate surface area is 133 Å². The van der Waals surface area contributed by atoms with Crippen LogP contribution in [0.1, 0.15) is 38.1 Å². The van der Waals surface area contributed by atoms with Gasteiger partial charge >= 0.3 is 6.09 Å². The van der Waals surface area contributed by atoms with E-state index in [1.807, 2.05) is 45.9 Å². The van der Waals surface area contributed by atoms with Gasteiger partial charge in [-0.15, -0.1) is 0 Å². The van der Waals surface area contributed by atoms with Gasteiger partial charge in [-0.3, -0.25) is 4.79 Å². The van der Waals surface area contributed by atoms with Gasteiger partial charge in [0.05, 0.1) is 5.41 Å². The van der Waals surface area contributed by atoms with Gasteiger partial charge < -0.3 is 9.64 Å². The van der Waals surface area contributed by atoms with Crippen LogP contribution in [0.3, 0.4) is 0 Å². The van der Waals surface area contributed by atoms with Crippen LogP contribution in [0.4, 0.5) is 4.79 Å². The van der Waals surface area contributed by atoms with Crippen LogP contribution >= 0.6 is 15.9 Å². The van der Waals surface area contributed by atoms with Gasteiger partial charge in [-0.2, -0.15) is 0 Å². The summed E-state index contributed by atoms with van der Waals surface area (Å²) in [5.74, 6) is 0.0589. The SMILES string of the molecule is CC(C)(C)OC(=O)N1CC(C)(C(=O)c2cccc(Br)c2)C1. The van der Waals surface area contributed by atoms with Crippen molar-refractivity contribution < 1.29 is 14.3 Å². The minimum Gasteiger partial charge on any atom is -0.444 e. The van der Waals surface area contributed by atoms with Gasteiger partial charge in [-0.05, 0) is 39.8 Å². The minimum atomic E-state index is -0.530. The second kappa shape index (κ2) is 5.44. The molecule has 1 fully saturated rings. The summed E-state index contributed by atoms with van der Waals surface area (Å²) >= 11 is 3.37. The lowest BCUT2D eigenvalue weighted by molar-refractivity contribution is -0.0197. The Kier molecular flexibility index (Phi) is 4.15. The Morgan fingerprint density at radius 3 is 2.43 bits per heavy atom. The molecule has 4 nitrogen and oxygen atoms in total. The average Bonchev–Trinajstić information content (AvgIpc) is 2.31. The Bertz CT molecular complexity index is 571. The van der Waals surface area contributed by atoms with E-state index in [4.69, 9.17) is 4.74 Å². The number of rotatable bonds is 2. The number of hydrogen-bond donors (Lipinski definition) is 0.